The fourth-order valence-electron chi connectivity index (χ4n) is 5.81. The molecule has 0 saturated carbocycles. The van der Waals surface area contributed by atoms with Gasteiger partial charge < -0.3 is 9.88 Å². The Bertz CT molecular complexity index is 1290. The third kappa shape index (κ3) is 4.33. The summed E-state index contributed by atoms with van der Waals surface area (Å²) >= 11 is 0. The van der Waals surface area contributed by atoms with Crippen LogP contribution in [0.25, 0.3) is 11.0 Å². The maximum Gasteiger partial charge on any atom is 0.255 e. The first-order chi connectivity index (χ1) is 15.9. The SMILES string of the molecule is Cc1c(NC(=O)c2cccc(C#N)c2)cnc2c1c([C@@H]1CCN(C(C)(C)C)C(C)(C)C1)cn2C. The van der Waals surface area contributed by atoms with Gasteiger partial charge in [0.2, 0.25) is 0 Å². The molecule has 0 spiro atoms. The maximum absolute atomic E-state index is 12.9. The van der Waals surface area contributed by atoms with Crippen molar-refractivity contribution < 1.29 is 4.79 Å². The van der Waals surface area contributed by atoms with Crippen molar-refractivity contribution in [2.45, 2.75) is 71.4 Å². The van der Waals surface area contributed by atoms with Crippen LogP contribution in [0.15, 0.2) is 36.7 Å². The molecule has 34 heavy (non-hydrogen) atoms. The summed E-state index contributed by atoms with van der Waals surface area (Å²) in [6, 6.07) is 8.83. The summed E-state index contributed by atoms with van der Waals surface area (Å²) < 4.78 is 2.10. The number of aromatic nitrogens is 2. The van der Waals surface area contributed by atoms with Gasteiger partial charge in [-0.15, -0.1) is 0 Å². The average Bonchev–Trinajstić information content (AvgIpc) is 3.11. The Labute approximate surface area is 202 Å². The van der Waals surface area contributed by atoms with Crippen LogP contribution in [0.5, 0.6) is 0 Å². The highest BCUT2D eigenvalue weighted by Crippen LogP contribution is 2.44. The number of piperidine rings is 1. The van der Waals surface area contributed by atoms with Crippen LogP contribution >= 0.6 is 0 Å². The number of pyridine rings is 1. The first kappa shape index (κ1) is 24.0. The van der Waals surface area contributed by atoms with Gasteiger partial charge in [-0.3, -0.25) is 9.69 Å². The first-order valence-electron chi connectivity index (χ1n) is 12.0. The Morgan fingerprint density at radius 1 is 1.29 bits per heavy atom. The smallest absolute Gasteiger partial charge is 0.255 e. The van der Waals surface area contributed by atoms with E-state index in [4.69, 9.17) is 10.2 Å². The molecule has 6 heteroatoms. The van der Waals surface area contributed by atoms with E-state index in [1.54, 1.807) is 30.5 Å². The van der Waals surface area contributed by atoms with Crippen molar-refractivity contribution in [2.24, 2.45) is 7.05 Å². The minimum atomic E-state index is -0.238. The number of benzene rings is 1. The lowest BCUT2D eigenvalue weighted by Crippen LogP contribution is -2.57. The molecule has 1 aromatic carbocycles. The Morgan fingerprint density at radius 2 is 2.03 bits per heavy atom. The number of hydrogen-bond donors (Lipinski definition) is 1. The molecule has 0 unspecified atom stereocenters. The number of nitriles is 1. The number of carbonyl (C=O) groups is 1. The molecule has 1 aliphatic heterocycles. The number of fused-ring (bicyclic) bond motifs is 1. The Kier molecular flexibility index (Phi) is 6.03. The van der Waals surface area contributed by atoms with Crippen molar-refractivity contribution in [2.75, 3.05) is 11.9 Å². The van der Waals surface area contributed by atoms with Gasteiger partial charge in [-0.1, -0.05) is 6.07 Å². The molecule has 0 radical (unpaired) electrons. The normalized spacial score (nSPS) is 18.6. The number of amides is 1. The number of nitrogens with zero attached hydrogens (tertiary/aromatic N) is 4. The number of anilines is 1. The van der Waals surface area contributed by atoms with E-state index in [1.165, 1.54) is 5.56 Å². The number of nitrogens with one attached hydrogen (secondary N) is 1. The zero-order valence-electron chi connectivity index (χ0n) is 21.4. The molecule has 1 amide bonds. The van der Waals surface area contributed by atoms with Crippen molar-refractivity contribution in [3.05, 3.63) is 58.9 Å². The third-order valence-electron chi connectivity index (χ3n) is 7.20. The second-order valence-electron chi connectivity index (χ2n) is 11.2. The van der Waals surface area contributed by atoms with Crippen LogP contribution in [0.1, 0.15) is 80.4 Å². The molecular formula is C28H35N5O. The number of aryl methyl sites for hydroxylation is 2. The van der Waals surface area contributed by atoms with E-state index in [0.717, 1.165) is 36.0 Å². The fraction of sp³-hybridized carbons (Fsp3) is 0.464. The molecule has 0 aliphatic carbocycles. The lowest BCUT2D eigenvalue weighted by molar-refractivity contribution is -0.00995. The minimum Gasteiger partial charge on any atom is -0.335 e. The van der Waals surface area contributed by atoms with E-state index in [-0.39, 0.29) is 17.0 Å². The van der Waals surface area contributed by atoms with Gasteiger partial charge in [0, 0.05) is 35.3 Å². The second-order valence-corrected chi connectivity index (χ2v) is 11.2. The molecule has 3 heterocycles. The molecule has 3 aromatic rings. The molecule has 178 valence electrons. The van der Waals surface area contributed by atoms with Crippen LogP contribution in [0.2, 0.25) is 0 Å². The Morgan fingerprint density at radius 3 is 2.68 bits per heavy atom. The van der Waals surface area contributed by atoms with Gasteiger partial charge in [0.15, 0.2) is 0 Å². The summed E-state index contributed by atoms with van der Waals surface area (Å²) in [6.07, 6.45) is 6.12. The fourth-order valence-corrected chi connectivity index (χ4v) is 5.81. The predicted molar refractivity (Wildman–Crippen MR) is 137 cm³/mol. The van der Waals surface area contributed by atoms with Crippen LogP contribution < -0.4 is 5.32 Å². The number of carbonyl (C=O) groups excluding carboxylic acids is 1. The summed E-state index contributed by atoms with van der Waals surface area (Å²) in [5, 5.41) is 13.3. The van der Waals surface area contributed by atoms with Crippen LogP contribution in [-0.2, 0) is 7.05 Å². The Hall–Kier alpha value is -3.17. The van der Waals surface area contributed by atoms with Gasteiger partial charge >= 0.3 is 0 Å². The van der Waals surface area contributed by atoms with Crippen molar-refractivity contribution in [3.8, 4) is 6.07 Å². The topological polar surface area (TPSA) is 73.9 Å². The molecule has 6 nitrogen and oxygen atoms in total. The van der Waals surface area contributed by atoms with Gasteiger partial charge in [0.1, 0.15) is 5.65 Å². The van der Waals surface area contributed by atoms with Gasteiger partial charge in [-0.25, -0.2) is 4.98 Å². The molecule has 0 bridgehead atoms. The number of hydrogen-bond acceptors (Lipinski definition) is 4. The summed E-state index contributed by atoms with van der Waals surface area (Å²) in [6.45, 7) is 14.7. The average molecular weight is 458 g/mol. The summed E-state index contributed by atoms with van der Waals surface area (Å²) in [5.74, 6) is 0.189. The van der Waals surface area contributed by atoms with Crippen molar-refractivity contribution >= 4 is 22.6 Å². The van der Waals surface area contributed by atoms with E-state index in [0.29, 0.717) is 22.7 Å². The van der Waals surface area contributed by atoms with E-state index in [2.05, 4.69) is 68.6 Å². The molecule has 4 rings (SSSR count). The summed E-state index contributed by atoms with van der Waals surface area (Å²) in [4.78, 5) is 20.3. The largest absolute Gasteiger partial charge is 0.335 e. The lowest BCUT2D eigenvalue weighted by Gasteiger charge is -2.52. The highest BCUT2D eigenvalue weighted by Gasteiger charge is 2.41. The zero-order chi connectivity index (χ0) is 24.8. The van der Waals surface area contributed by atoms with Gasteiger partial charge in [-0.2, -0.15) is 5.26 Å². The van der Waals surface area contributed by atoms with Crippen LogP contribution in [-0.4, -0.2) is 38.0 Å². The third-order valence-corrected chi connectivity index (χ3v) is 7.20. The molecule has 2 aromatic heterocycles. The van der Waals surface area contributed by atoms with Crippen molar-refractivity contribution in [3.63, 3.8) is 0 Å². The standard InChI is InChI=1S/C28H35N5O/c1-18-23(31-26(34)20-10-8-9-19(13-20)15-29)16-30-25-24(18)22(17-32(25)7)21-11-12-33(27(2,3)4)28(5,6)14-21/h8-10,13,16-17,21H,11-12,14H2,1-7H3,(H,31,34)/t21-/m1/s1. The highest BCUT2D eigenvalue weighted by molar-refractivity contribution is 6.06. The Balaban J connectivity index is 1.69. The predicted octanol–water partition coefficient (Wildman–Crippen LogP) is 5.76. The molecule has 1 fully saturated rings. The lowest BCUT2D eigenvalue weighted by atomic mass is 9.76. The highest BCUT2D eigenvalue weighted by atomic mass is 16.1. The molecular weight excluding hydrogens is 422 g/mol. The van der Waals surface area contributed by atoms with E-state index >= 15 is 0 Å². The van der Waals surface area contributed by atoms with Crippen molar-refractivity contribution in [1.29, 1.82) is 5.26 Å². The van der Waals surface area contributed by atoms with Crippen LogP contribution in [0.4, 0.5) is 5.69 Å². The monoisotopic (exact) mass is 457 g/mol. The second kappa shape index (κ2) is 8.56. The van der Waals surface area contributed by atoms with Crippen molar-refractivity contribution in [1.82, 2.24) is 14.5 Å². The van der Waals surface area contributed by atoms with Gasteiger partial charge in [0.25, 0.3) is 5.91 Å². The van der Waals surface area contributed by atoms with E-state index < -0.39 is 0 Å². The number of rotatable bonds is 3. The maximum atomic E-state index is 12.9. The molecule has 1 aliphatic rings. The first-order valence-corrected chi connectivity index (χ1v) is 12.0. The van der Waals surface area contributed by atoms with E-state index in [1.807, 2.05) is 7.05 Å². The zero-order valence-corrected chi connectivity index (χ0v) is 21.4. The van der Waals surface area contributed by atoms with Crippen LogP contribution in [0, 0.1) is 18.3 Å². The molecule has 1 atom stereocenters. The summed E-state index contributed by atoms with van der Waals surface area (Å²) in [7, 11) is 2.04. The molecule has 1 N–H and O–H groups in total. The van der Waals surface area contributed by atoms with E-state index in [9.17, 15) is 4.79 Å². The van der Waals surface area contributed by atoms with Gasteiger partial charge in [-0.05, 0) is 96.2 Å². The number of likely N-dealkylation sites (tertiary alicyclic amines) is 1. The summed E-state index contributed by atoms with van der Waals surface area (Å²) in [5.41, 5.74) is 5.13. The minimum absolute atomic E-state index is 0.0856. The van der Waals surface area contributed by atoms with Crippen LogP contribution in [0.3, 0.4) is 0 Å². The van der Waals surface area contributed by atoms with Gasteiger partial charge in [0.05, 0.1) is 23.5 Å². The quantitative estimate of drug-likeness (QED) is 0.542. The molecule has 1 saturated heterocycles.